The number of alkyl halides is 3. The topological polar surface area (TPSA) is 41.9 Å². The summed E-state index contributed by atoms with van der Waals surface area (Å²) >= 11 is 0.984. The summed E-state index contributed by atoms with van der Waals surface area (Å²) in [5.74, 6) is -0.549. The van der Waals surface area contributed by atoms with Crippen molar-refractivity contribution in [3.05, 3.63) is 40.6 Å². The van der Waals surface area contributed by atoms with Gasteiger partial charge in [-0.05, 0) is 68.4 Å². The van der Waals surface area contributed by atoms with Crippen molar-refractivity contribution in [2.24, 2.45) is 4.99 Å². The van der Waals surface area contributed by atoms with Gasteiger partial charge in [-0.3, -0.25) is 14.7 Å². The number of rotatable bonds is 4. The fraction of sp³-hybridized carbons (Fsp3) is 0.500. The number of halogens is 3. The minimum absolute atomic E-state index is 0.0649. The first-order chi connectivity index (χ1) is 13.3. The van der Waals surface area contributed by atoms with Crippen LogP contribution in [0.15, 0.2) is 28.9 Å². The average molecular weight is 412 g/mol. The third-order valence-corrected chi connectivity index (χ3v) is 5.79. The number of benzene rings is 1. The average Bonchev–Trinajstić information content (AvgIpc) is 2.66. The Bertz CT molecular complexity index is 818. The van der Waals surface area contributed by atoms with Crippen LogP contribution in [0.2, 0.25) is 0 Å². The number of carbonyl (C=O) groups is 1. The lowest BCUT2D eigenvalue weighted by Gasteiger charge is -2.34. The molecule has 0 radical (unpaired) electrons. The molecule has 1 aliphatic carbocycles. The number of hydrogen-bond donors (Lipinski definition) is 0. The van der Waals surface area contributed by atoms with Crippen molar-refractivity contribution < 1.29 is 22.7 Å². The number of fused-ring (bicyclic) bond motifs is 1. The van der Waals surface area contributed by atoms with Crippen LogP contribution in [0.5, 0.6) is 0 Å². The smallest absolute Gasteiger partial charge is 0.431 e. The van der Waals surface area contributed by atoms with E-state index >= 15 is 0 Å². The number of ether oxygens (including phenoxy) is 1. The summed E-state index contributed by atoms with van der Waals surface area (Å²) in [5.41, 5.74) is 2.95. The fourth-order valence-electron chi connectivity index (χ4n) is 3.62. The first-order valence-corrected chi connectivity index (χ1v) is 10.3. The summed E-state index contributed by atoms with van der Waals surface area (Å²) in [4.78, 5) is 17.2. The predicted octanol–water partition coefficient (Wildman–Crippen LogP) is 4.79. The van der Waals surface area contributed by atoms with E-state index in [1.165, 1.54) is 4.90 Å². The molecule has 0 atom stereocenters. The van der Waals surface area contributed by atoms with E-state index in [4.69, 9.17) is 4.74 Å². The molecule has 0 spiro atoms. The number of esters is 1. The van der Waals surface area contributed by atoms with Gasteiger partial charge in [-0.2, -0.15) is 13.2 Å². The summed E-state index contributed by atoms with van der Waals surface area (Å²) in [6.45, 7) is 3.85. The van der Waals surface area contributed by atoms with Crippen LogP contribution in [0.25, 0.3) is 0 Å². The van der Waals surface area contributed by atoms with Crippen LogP contribution < -0.4 is 4.90 Å². The van der Waals surface area contributed by atoms with Gasteiger partial charge in [0, 0.05) is 0 Å². The summed E-state index contributed by atoms with van der Waals surface area (Å²) in [6, 6.07) is 3.61. The number of thioether (sulfide) groups is 1. The van der Waals surface area contributed by atoms with E-state index < -0.39 is 17.8 Å². The first kappa shape index (κ1) is 20.8. The molecule has 3 rings (SSSR count). The SMILES string of the molecule is CCOC(=O)CSC1=NCC=C(C(F)(F)F)N1c1ccc(C)c2c1CCCC2. The number of nitrogens with zero attached hydrogens (tertiary/aromatic N) is 2. The Balaban J connectivity index is 2.01. The van der Waals surface area contributed by atoms with Crippen molar-refractivity contribution >= 4 is 28.6 Å². The standard InChI is InChI=1S/C20H23F3N2O2S/c1-3-27-18(26)12-28-19-24-11-10-17(20(21,22)23)25(19)16-9-8-13(2)14-6-4-5-7-15(14)16/h8-10H,3-7,11-12H2,1-2H3. The zero-order valence-corrected chi connectivity index (χ0v) is 16.8. The van der Waals surface area contributed by atoms with Crippen LogP contribution in [0.4, 0.5) is 18.9 Å². The molecule has 1 aliphatic heterocycles. The second-order valence-corrected chi connectivity index (χ2v) is 7.65. The molecular weight excluding hydrogens is 389 g/mol. The summed E-state index contributed by atoms with van der Waals surface area (Å²) in [6.07, 6.45) is 0.185. The fourth-order valence-corrected chi connectivity index (χ4v) is 4.45. The largest absolute Gasteiger partial charge is 0.465 e. The Hall–Kier alpha value is -1.96. The maximum absolute atomic E-state index is 13.8. The molecule has 1 aromatic rings. The van der Waals surface area contributed by atoms with Crippen LogP contribution in [0, 0.1) is 6.92 Å². The number of carbonyl (C=O) groups excluding carboxylic acids is 1. The van der Waals surface area contributed by atoms with Crippen LogP contribution in [-0.2, 0) is 22.4 Å². The van der Waals surface area contributed by atoms with Gasteiger partial charge >= 0.3 is 12.1 Å². The zero-order chi connectivity index (χ0) is 20.3. The molecule has 0 aromatic heterocycles. The van der Waals surface area contributed by atoms with E-state index in [-0.39, 0.29) is 24.1 Å². The van der Waals surface area contributed by atoms with Crippen molar-refractivity contribution in [2.45, 2.75) is 45.7 Å². The van der Waals surface area contributed by atoms with Gasteiger partial charge in [0.15, 0.2) is 5.17 Å². The third-order valence-electron chi connectivity index (χ3n) is 4.84. The molecule has 0 N–H and O–H groups in total. The molecule has 0 fully saturated rings. The number of hydrogen-bond acceptors (Lipinski definition) is 5. The number of amidine groups is 1. The van der Waals surface area contributed by atoms with Gasteiger partial charge in [0.25, 0.3) is 0 Å². The molecule has 152 valence electrons. The van der Waals surface area contributed by atoms with E-state index in [0.29, 0.717) is 5.69 Å². The van der Waals surface area contributed by atoms with Gasteiger partial charge in [0.1, 0.15) is 5.70 Å². The lowest BCUT2D eigenvalue weighted by molar-refractivity contribution is -0.139. The molecule has 2 aliphatic rings. The second kappa shape index (κ2) is 8.59. The maximum atomic E-state index is 13.8. The minimum Gasteiger partial charge on any atom is -0.465 e. The lowest BCUT2D eigenvalue weighted by Crippen LogP contribution is -2.39. The summed E-state index contributed by atoms with van der Waals surface area (Å²) in [5, 5.41) is 0.180. The normalized spacial score (nSPS) is 17.0. The van der Waals surface area contributed by atoms with Crippen LogP contribution in [-0.4, -0.2) is 36.2 Å². The molecule has 4 nitrogen and oxygen atoms in total. The van der Waals surface area contributed by atoms with Gasteiger partial charge in [-0.15, -0.1) is 0 Å². The van der Waals surface area contributed by atoms with E-state index in [1.54, 1.807) is 13.0 Å². The number of aliphatic imine (C=N–C) groups is 1. The number of aryl methyl sites for hydroxylation is 1. The van der Waals surface area contributed by atoms with Crippen LogP contribution in [0.1, 0.15) is 36.5 Å². The van der Waals surface area contributed by atoms with Crippen molar-refractivity contribution in [3.63, 3.8) is 0 Å². The highest BCUT2D eigenvalue weighted by Gasteiger charge is 2.42. The molecule has 1 heterocycles. The Morgan fingerprint density at radius 3 is 2.64 bits per heavy atom. The van der Waals surface area contributed by atoms with Crippen molar-refractivity contribution in [1.82, 2.24) is 0 Å². The Morgan fingerprint density at radius 1 is 1.25 bits per heavy atom. The Labute approximate surface area is 166 Å². The van der Waals surface area contributed by atoms with Gasteiger partial charge in [-0.25, -0.2) is 0 Å². The van der Waals surface area contributed by atoms with Crippen molar-refractivity contribution in [1.29, 1.82) is 0 Å². The van der Waals surface area contributed by atoms with Crippen LogP contribution >= 0.6 is 11.8 Å². The molecule has 1 aromatic carbocycles. The van der Waals surface area contributed by atoms with Gasteiger partial charge < -0.3 is 4.74 Å². The molecule has 0 unspecified atom stereocenters. The van der Waals surface area contributed by atoms with Gasteiger partial charge in [0.05, 0.1) is 24.6 Å². The summed E-state index contributed by atoms with van der Waals surface area (Å²) in [7, 11) is 0. The van der Waals surface area contributed by atoms with Gasteiger partial charge in [0.2, 0.25) is 0 Å². The van der Waals surface area contributed by atoms with E-state index in [9.17, 15) is 18.0 Å². The summed E-state index contributed by atoms with van der Waals surface area (Å²) < 4.78 is 46.4. The van der Waals surface area contributed by atoms with Crippen molar-refractivity contribution in [2.75, 3.05) is 23.8 Å². The third kappa shape index (κ3) is 4.37. The van der Waals surface area contributed by atoms with E-state index in [1.807, 2.05) is 13.0 Å². The number of anilines is 1. The van der Waals surface area contributed by atoms with Gasteiger partial charge in [-0.1, -0.05) is 17.8 Å². The lowest BCUT2D eigenvalue weighted by atomic mass is 9.87. The number of allylic oxidation sites excluding steroid dienone is 1. The maximum Gasteiger partial charge on any atom is 0.431 e. The molecule has 28 heavy (non-hydrogen) atoms. The second-order valence-electron chi connectivity index (χ2n) is 6.71. The van der Waals surface area contributed by atoms with E-state index in [2.05, 4.69) is 4.99 Å². The minimum atomic E-state index is -4.52. The first-order valence-electron chi connectivity index (χ1n) is 9.34. The molecule has 0 bridgehead atoms. The highest BCUT2D eigenvalue weighted by molar-refractivity contribution is 8.14. The van der Waals surface area contributed by atoms with E-state index in [0.717, 1.165) is 60.2 Å². The highest BCUT2D eigenvalue weighted by atomic mass is 32.2. The molecular formula is C20H23F3N2O2S. The molecule has 0 amide bonds. The molecule has 0 saturated heterocycles. The Morgan fingerprint density at radius 2 is 1.96 bits per heavy atom. The zero-order valence-electron chi connectivity index (χ0n) is 15.9. The quantitative estimate of drug-likeness (QED) is 0.667. The van der Waals surface area contributed by atoms with Crippen molar-refractivity contribution in [3.8, 4) is 0 Å². The monoisotopic (exact) mass is 412 g/mol. The predicted molar refractivity (Wildman–Crippen MR) is 106 cm³/mol. The van der Waals surface area contributed by atoms with Crippen LogP contribution in [0.3, 0.4) is 0 Å². The Kier molecular flexibility index (Phi) is 6.37. The molecule has 8 heteroatoms. The molecule has 0 saturated carbocycles. The highest BCUT2D eigenvalue weighted by Crippen LogP contribution is 2.41.